The lowest BCUT2D eigenvalue weighted by atomic mass is 9.71. The van der Waals surface area contributed by atoms with Crippen molar-refractivity contribution in [1.82, 2.24) is 5.16 Å². The Kier molecular flexibility index (Phi) is 4.32. The molecule has 0 saturated carbocycles. The van der Waals surface area contributed by atoms with Crippen LogP contribution in [0, 0.1) is 13.8 Å². The number of aromatic nitrogens is 1. The monoisotopic (exact) mass is 361 g/mol. The third-order valence-corrected chi connectivity index (χ3v) is 5.46. The topological polar surface area (TPSA) is 81.2 Å². The van der Waals surface area contributed by atoms with E-state index < -0.39 is 5.41 Å². The van der Waals surface area contributed by atoms with E-state index in [1.807, 2.05) is 56.3 Å². The van der Waals surface area contributed by atoms with E-state index in [1.54, 1.807) is 0 Å². The van der Waals surface area contributed by atoms with Gasteiger partial charge < -0.3 is 15.6 Å². The first-order chi connectivity index (χ1) is 13.1. The van der Waals surface area contributed by atoms with Gasteiger partial charge in [-0.2, -0.15) is 0 Å². The zero-order valence-electron chi connectivity index (χ0n) is 15.6. The number of hydrogen-bond acceptors (Lipinski definition) is 4. The summed E-state index contributed by atoms with van der Waals surface area (Å²) in [7, 11) is 0. The van der Waals surface area contributed by atoms with Crippen molar-refractivity contribution in [3.63, 3.8) is 0 Å². The zero-order valence-corrected chi connectivity index (χ0v) is 15.6. The van der Waals surface area contributed by atoms with E-state index in [1.165, 1.54) is 0 Å². The number of aryl methyl sites for hydroxylation is 2. The van der Waals surface area contributed by atoms with Gasteiger partial charge in [0, 0.05) is 11.3 Å². The number of anilines is 1. The van der Waals surface area contributed by atoms with Gasteiger partial charge in [0.15, 0.2) is 0 Å². The third-order valence-electron chi connectivity index (χ3n) is 5.46. The summed E-state index contributed by atoms with van der Waals surface area (Å²) in [5.41, 5.74) is 10.7. The Morgan fingerprint density at radius 1 is 1.15 bits per heavy atom. The predicted octanol–water partition coefficient (Wildman–Crippen LogP) is 3.94. The highest BCUT2D eigenvalue weighted by Crippen LogP contribution is 2.47. The van der Waals surface area contributed by atoms with Crippen molar-refractivity contribution in [3.8, 4) is 11.1 Å². The maximum Gasteiger partial charge on any atom is 0.239 e. The number of nitrogens with one attached hydrogen (secondary N) is 1. The second-order valence-corrected chi connectivity index (χ2v) is 7.08. The first-order valence-corrected chi connectivity index (χ1v) is 9.22. The molecular formula is C22H23N3O2. The molecule has 4 rings (SSSR count). The van der Waals surface area contributed by atoms with Gasteiger partial charge in [0.1, 0.15) is 11.2 Å². The highest BCUT2D eigenvalue weighted by atomic mass is 16.5. The lowest BCUT2D eigenvalue weighted by Crippen LogP contribution is -2.36. The lowest BCUT2D eigenvalue weighted by Gasteiger charge is -2.28. The molecule has 1 unspecified atom stereocenters. The molecule has 0 fully saturated rings. The Balaban J connectivity index is 1.93. The van der Waals surface area contributed by atoms with E-state index >= 15 is 0 Å². The fourth-order valence-corrected chi connectivity index (χ4v) is 4.18. The van der Waals surface area contributed by atoms with Crippen LogP contribution in [-0.2, 0) is 10.2 Å². The van der Waals surface area contributed by atoms with Gasteiger partial charge in [-0.15, -0.1) is 0 Å². The van der Waals surface area contributed by atoms with Crippen molar-refractivity contribution in [3.05, 3.63) is 71.1 Å². The summed E-state index contributed by atoms with van der Waals surface area (Å²) in [6.07, 6.45) is 1.43. The van der Waals surface area contributed by atoms with Crippen LogP contribution in [0.5, 0.6) is 0 Å². The standard InChI is InChI=1S/C22H23N3O2/c1-14-20(15(2)27-25-14)16-9-10-19-18(13-16)22(11-6-12-23,21(26)24-19)17-7-4-3-5-8-17/h3-5,7-10,13H,6,11-12,23H2,1-2H3,(H,24,26). The van der Waals surface area contributed by atoms with Crippen LogP contribution < -0.4 is 11.1 Å². The molecule has 1 atom stereocenters. The smallest absolute Gasteiger partial charge is 0.239 e. The number of amides is 1. The maximum atomic E-state index is 13.2. The summed E-state index contributed by atoms with van der Waals surface area (Å²) >= 11 is 0. The number of rotatable bonds is 5. The molecule has 5 nitrogen and oxygen atoms in total. The van der Waals surface area contributed by atoms with Crippen LogP contribution in [-0.4, -0.2) is 17.6 Å². The van der Waals surface area contributed by atoms with Crippen LogP contribution in [0.1, 0.15) is 35.4 Å². The summed E-state index contributed by atoms with van der Waals surface area (Å²) in [4.78, 5) is 13.2. The largest absolute Gasteiger partial charge is 0.361 e. The van der Waals surface area contributed by atoms with Crippen LogP contribution in [0.2, 0.25) is 0 Å². The second kappa shape index (κ2) is 6.67. The molecule has 0 spiro atoms. The fourth-order valence-electron chi connectivity index (χ4n) is 4.18. The third kappa shape index (κ3) is 2.66. The van der Waals surface area contributed by atoms with Gasteiger partial charge in [0.05, 0.1) is 5.69 Å². The number of nitrogens with two attached hydrogens (primary N) is 1. The molecule has 1 aliphatic rings. The molecule has 3 N–H and O–H groups in total. The second-order valence-electron chi connectivity index (χ2n) is 7.08. The Hall–Kier alpha value is -2.92. The first kappa shape index (κ1) is 17.5. The molecule has 3 aromatic rings. The van der Waals surface area contributed by atoms with Crippen molar-refractivity contribution in [2.24, 2.45) is 5.73 Å². The van der Waals surface area contributed by atoms with E-state index in [0.29, 0.717) is 13.0 Å². The van der Waals surface area contributed by atoms with E-state index in [9.17, 15) is 4.79 Å². The molecule has 0 saturated heterocycles. The van der Waals surface area contributed by atoms with Crippen LogP contribution in [0.3, 0.4) is 0 Å². The van der Waals surface area contributed by atoms with Crippen molar-refractivity contribution < 1.29 is 9.32 Å². The van der Waals surface area contributed by atoms with Crippen molar-refractivity contribution >= 4 is 11.6 Å². The first-order valence-electron chi connectivity index (χ1n) is 9.22. The number of nitrogens with zero attached hydrogens (tertiary/aromatic N) is 1. The summed E-state index contributed by atoms with van der Waals surface area (Å²) < 4.78 is 5.34. The number of benzene rings is 2. The van der Waals surface area contributed by atoms with Crippen molar-refractivity contribution in [1.29, 1.82) is 0 Å². The molecule has 0 bridgehead atoms. The molecular weight excluding hydrogens is 338 g/mol. The maximum absolute atomic E-state index is 13.2. The predicted molar refractivity (Wildman–Crippen MR) is 106 cm³/mol. The molecule has 0 radical (unpaired) electrons. The van der Waals surface area contributed by atoms with Crippen LogP contribution in [0.4, 0.5) is 5.69 Å². The van der Waals surface area contributed by atoms with E-state index in [-0.39, 0.29) is 5.91 Å². The molecule has 27 heavy (non-hydrogen) atoms. The normalized spacial score (nSPS) is 18.4. The van der Waals surface area contributed by atoms with Gasteiger partial charge in [-0.1, -0.05) is 41.6 Å². The average Bonchev–Trinajstić information content (AvgIpc) is 3.16. The number of fused-ring (bicyclic) bond motifs is 1. The van der Waals surface area contributed by atoms with Gasteiger partial charge in [-0.25, -0.2) is 0 Å². The molecule has 138 valence electrons. The van der Waals surface area contributed by atoms with Gasteiger partial charge >= 0.3 is 0 Å². The Bertz CT molecular complexity index is 975. The molecule has 1 amide bonds. The Morgan fingerprint density at radius 2 is 1.93 bits per heavy atom. The quantitative estimate of drug-likeness (QED) is 0.721. The lowest BCUT2D eigenvalue weighted by molar-refractivity contribution is -0.119. The minimum Gasteiger partial charge on any atom is -0.361 e. The van der Waals surface area contributed by atoms with Gasteiger partial charge in [0.25, 0.3) is 0 Å². The SMILES string of the molecule is Cc1noc(C)c1-c1ccc2c(c1)C(CCCN)(c1ccccc1)C(=O)N2. The van der Waals surface area contributed by atoms with E-state index in [4.69, 9.17) is 10.3 Å². The number of carbonyl (C=O) groups is 1. The van der Waals surface area contributed by atoms with Crippen LogP contribution in [0.15, 0.2) is 53.1 Å². The van der Waals surface area contributed by atoms with Crippen molar-refractivity contribution in [2.75, 3.05) is 11.9 Å². The van der Waals surface area contributed by atoms with E-state index in [2.05, 4.69) is 16.5 Å². The molecule has 1 aromatic heterocycles. The zero-order chi connectivity index (χ0) is 19.0. The Labute approximate surface area is 158 Å². The minimum atomic E-state index is -0.731. The molecule has 1 aliphatic heterocycles. The summed E-state index contributed by atoms with van der Waals surface area (Å²) in [5, 5.41) is 7.15. The average molecular weight is 361 g/mol. The number of carbonyl (C=O) groups excluding carboxylic acids is 1. The Morgan fingerprint density at radius 3 is 2.59 bits per heavy atom. The van der Waals surface area contributed by atoms with Gasteiger partial charge in [0.2, 0.25) is 5.91 Å². The summed E-state index contributed by atoms with van der Waals surface area (Å²) in [6, 6.07) is 16.0. The van der Waals surface area contributed by atoms with Crippen molar-refractivity contribution in [2.45, 2.75) is 32.1 Å². The van der Waals surface area contributed by atoms with E-state index in [0.717, 1.165) is 45.8 Å². The fraction of sp³-hybridized carbons (Fsp3) is 0.273. The molecule has 0 aliphatic carbocycles. The van der Waals surface area contributed by atoms with Crippen LogP contribution in [0.25, 0.3) is 11.1 Å². The highest BCUT2D eigenvalue weighted by molar-refractivity contribution is 6.09. The van der Waals surface area contributed by atoms with Gasteiger partial charge in [-0.3, -0.25) is 4.79 Å². The highest BCUT2D eigenvalue weighted by Gasteiger charge is 2.47. The summed E-state index contributed by atoms with van der Waals surface area (Å²) in [6.45, 7) is 4.38. The minimum absolute atomic E-state index is 0.00747. The molecule has 2 aromatic carbocycles. The van der Waals surface area contributed by atoms with Crippen LogP contribution >= 0.6 is 0 Å². The molecule has 5 heteroatoms. The molecule has 2 heterocycles. The summed E-state index contributed by atoms with van der Waals surface area (Å²) in [5.74, 6) is 0.782. The van der Waals surface area contributed by atoms with Gasteiger partial charge in [-0.05, 0) is 62.1 Å². The number of hydrogen-bond donors (Lipinski definition) is 2.